The van der Waals surface area contributed by atoms with Crippen molar-refractivity contribution in [3.05, 3.63) is 90.2 Å². The second-order valence-electron chi connectivity index (χ2n) is 8.46. The van der Waals surface area contributed by atoms with Gasteiger partial charge in [0.1, 0.15) is 11.5 Å². The molecule has 8 heteroatoms. The molecular weight excluding hydrogens is 462 g/mol. The first-order valence-electron chi connectivity index (χ1n) is 11.2. The Morgan fingerprint density at radius 1 is 1.14 bits per heavy atom. The lowest BCUT2D eigenvalue weighted by Crippen LogP contribution is -2.39. The predicted molar refractivity (Wildman–Crippen MR) is 137 cm³/mol. The van der Waals surface area contributed by atoms with E-state index >= 15 is 0 Å². The van der Waals surface area contributed by atoms with Gasteiger partial charge in [0.25, 0.3) is 5.56 Å². The number of nitrogens with zero attached hydrogens (tertiary/aromatic N) is 2. The number of hydrogen-bond acceptors (Lipinski definition) is 6. The highest BCUT2D eigenvalue weighted by Gasteiger charge is 2.32. The summed E-state index contributed by atoms with van der Waals surface area (Å²) in [5, 5.41) is 1.05. The van der Waals surface area contributed by atoms with E-state index in [1.54, 1.807) is 37.8 Å². The number of ether oxygens (including phenoxy) is 2. The van der Waals surface area contributed by atoms with Gasteiger partial charge >= 0.3 is 0 Å². The van der Waals surface area contributed by atoms with Gasteiger partial charge < -0.3 is 14.5 Å². The Balaban J connectivity index is 1.79. The van der Waals surface area contributed by atoms with Crippen LogP contribution in [-0.4, -0.2) is 29.6 Å². The molecule has 0 spiro atoms. The summed E-state index contributed by atoms with van der Waals surface area (Å²) in [5.41, 5.74) is 4.51. The first kappa shape index (κ1) is 22.9. The molecule has 0 saturated heterocycles. The molecule has 1 aliphatic rings. The molecule has 0 aliphatic carbocycles. The van der Waals surface area contributed by atoms with Crippen molar-refractivity contribution in [3.63, 3.8) is 0 Å². The van der Waals surface area contributed by atoms with Crippen molar-refractivity contribution >= 4 is 34.1 Å². The standard InChI is InChI=1S/C27H25N3O4S/c1-14-20(18-8-6-7-9-21(18)28-14)13-23-26(32)30-25(19-11-10-17(33-4)12-22(19)34-5)24(16(3)31)15(2)29-27(30)35-23/h6-13,25,28H,1-5H3. The van der Waals surface area contributed by atoms with Crippen LogP contribution in [0.4, 0.5) is 0 Å². The number of aromatic amines is 1. The fourth-order valence-electron chi connectivity index (χ4n) is 4.72. The largest absolute Gasteiger partial charge is 0.497 e. The number of aromatic nitrogens is 2. The van der Waals surface area contributed by atoms with Gasteiger partial charge in [0, 0.05) is 45.1 Å². The average molecular weight is 488 g/mol. The SMILES string of the molecule is COc1ccc(C2C(C(C)=O)=C(C)N=c3sc(=Cc4c(C)[nH]c5ccccc45)c(=O)n32)c(OC)c1. The zero-order valence-electron chi connectivity index (χ0n) is 20.1. The molecule has 3 heterocycles. The molecule has 1 aliphatic heterocycles. The second kappa shape index (κ2) is 8.70. The molecule has 7 nitrogen and oxygen atoms in total. The van der Waals surface area contributed by atoms with E-state index in [9.17, 15) is 9.59 Å². The van der Waals surface area contributed by atoms with Gasteiger partial charge in [0.05, 0.1) is 24.8 Å². The van der Waals surface area contributed by atoms with Crippen LogP contribution in [0.15, 0.2) is 63.5 Å². The van der Waals surface area contributed by atoms with Gasteiger partial charge in [-0.15, -0.1) is 0 Å². The minimum Gasteiger partial charge on any atom is -0.497 e. The van der Waals surface area contributed by atoms with E-state index in [2.05, 4.69) is 9.98 Å². The number of Topliss-reactive ketones (excluding diaryl/α,β-unsaturated/α-hetero) is 1. The number of carbonyl (C=O) groups excluding carboxylic acids is 1. The summed E-state index contributed by atoms with van der Waals surface area (Å²) in [6.45, 7) is 5.30. The van der Waals surface area contributed by atoms with E-state index in [4.69, 9.17) is 9.47 Å². The number of benzene rings is 2. The van der Waals surface area contributed by atoms with Gasteiger partial charge in [-0.05, 0) is 45.0 Å². The van der Waals surface area contributed by atoms with Crippen molar-refractivity contribution in [2.45, 2.75) is 26.8 Å². The minimum atomic E-state index is -0.657. The topological polar surface area (TPSA) is 85.7 Å². The number of carbonyl (C=O) groups is 1. The predicted octanol–water partition coefficient (Wildman–Crippen LogP) is 3.63. The van der Waals surface area contributed by atoms with Crippen LogP contribution in [0.5, 0.6) is 11.5 Å². The van der Waals surface area contributed by atoms with Gasteiger partial charge in [-0.1, -0.05) is 29.5 Å². The summed E-state index contributed by atoms with van der Waals surface area (Å²) in [7, 11) is 3.14. The third-order valence-electron chi connectivity index (χ3n) is 6.36. The number of H-pyrrole nitrogens is 1. The molecule has 4 aromatic rings. The van der Waals surface area contributed by atoms with Crippen LogP contribution >= 0.6 is 11.3 Å². The van der Waals surface area contributed by atoms with Gasteiger partial charge in [-0.3, -0.25) is 14.2 Å². The molecule has 35 heavy (non-hydrogen) atoms. The maximum Gasteiger partial charge on any atom is 0.271 e. The fraction of sp³-hybridized carbons (Fsp3) is 0.222. The quantitative estimate of drug-likeness (QED) is 0.466. The molecule has 1 unspecified atom stereocenters. The number of allylic oxidation sites excluding steroid dienone is 2. The normalized spacial score (nSPS) is 15.8. The molecule has 1 atom stereocenters. The van der Waals surface area contributed by atoms with Crippen LogP contribution < -0.4 is 24.4 Å². The summed E-state index contributed by atoms with van der Waals surface area (Å²) >= 11 is 1.32. The highest BCUT2D eigenvalue weighted by Crippen LogP contribution is 2.37. The Morgan fingerprint density at radius 3 is 2.63 bits per heavy atom. The van der Waals surface area contributed by atoms with Gasteiger partial charge in [-0.25, -0.2) is 4.99 Å². The van der Waals surface area contributed by atoms with Gasteiger partial charge in [0.2, 0.25) is 0 Å². The number of rotatable bonds is 5. The summed E-state index contributed by atoms with van der Waals surface area (Å²) < 4.78 is 13.1. The van der Waals surface area contributed by atoms with Gasteiger partial charge in [-0.2, -0.15) is 0 Å². The number of nitrogens with one attached hydrogen (secondary N) is 1. The molecule has 0 saturated carbocycles. The zero-order chi connectivity index (χ0) is 24.9. The monoisotopic (exact) mass is 487 g/mol. The average Bonchev–Trinajstić information content (AvgIpc) is 3.33. The Labute approximate surface area is 205 Å². The van der Waals surface area contributed by atoms with Crippen LogP contribution in [0.2, 0.25) is 0 Å². The highest BCUT2D eigenvalue weighted by molar-refractivity contribution is 7.07. The van der Waals surface area contributed by atoms with Crippen LogP contribution in [-0.2, 0) is 4.79 Å². The molecular formula is C27H25N3O4S. The van der Waals surface area contributed by atoms with Crippen molar-refractivity contribution in [1.29, 1.82) is 0 Å². The maximum atomic E-state index is 13.8. The van der Waals surface area contributed by atoms with E-state index in [1.807, 2.05) is 43.3 Å². The molecule has 2 aromatic heterocycles. The van der Waals surface area contributed by atoms with E-state index in [-0.39, 0.29) is 11.3 Å². The van der Waals surface area contributed by atoms with E-state index in [0.29, 0.717) is 37.7 Å². The molecule has 2 aromatic carbocycles. The number of aryl methyl sites for hydroxylation is 1. The van der Waals surface area contributed by atoms with Crippen molar-refractivity contribution in [1.82, 2.24) is 9.55 Å². The van der Waals surface area contributed by atoms with Crippen molar-refractivity contribution < 1.29 is 14.3 Å². The number of hydrogen-bond donors (Lipinski definition) is 1. The fourth-order valence-corrected chi connectivity index (χ4v) is 5.75. The van der Waals surface area contributed by atoms with E-state index in [1.165, 1.54) is 18.3 Å². The molecule has 0 amide bonds. The highest BCUT2D eigenvalue weighted by atomic mass is 32.1. The van der Waals surface area contributed by atoms with E-state index < -0.39 is 6.04 Å². The molecule has 0 radical (unpaired) electrons. The van der Waals surface area contributed by atoms with Crippen molar-refractivity contribution in [3.8, 4) is 11.5 Å². The van der Waals surface area contributed by atoms with Crippen LogP contribution in [0.3, 0.4) is 0 Å². The van der Waals surface area contributed by atoms with Crippen LogP contribution in [0, 0.1) is 6.92 Å². The number of thiazole rings is 1. The Hall–Kier alpha value is -3.91. The van der Waals surface area contributed by atoms with E-state index in [0.717, 1.165) is 22.2 Å². The number of ketones is 1. The summed E-state index contributed by atoms with van der Waals surface area (Å²) in [4.78, 5) is 35.2. The summed E-state index contributed by atoms with van der Waals surface area (Å²) in [6.07, 6.45) is 1.91. The summed E-state index contributed by atoms with van der Waals surface area (Å²) in [5.74, 6) is 1.01. The van der Waals surface area contributed by atoms with Crippen molar-refractivity contribution in [2.75, 3.05) is 14.2 Å². The number of fused-ring (bicyclic) bond motifs is 2. The second-order valence-corrected chi connectivity index (χ2v) is 9.46. The molecule has 0 bridgehead atoms. The minimum absolute atomic E-state index is 0.143. The van der Waals surface area contributed by atoms with Crippen LogP contribution in [0.25, 0.3) is 17.0 Å². The molecule has 178 valence electrons. The Morgan fingerprint density at radius 2 is 1.91 bits per heavy atom. The maximum absolute atomic E-state index is 13.8. The van der Waals surface area contributed by atoms with Crippen molar-refractivity contribution in [2.24, 2.45) is 4.99 Å². The van der Waals surface area contributed by atoms with Crippen LogP contribution in [0.1, 0.15) is 36.7 Å². The smallest absolute Gasteiger partial charge is 0.271 e. The lowest BCUT2D eigenvalue weighted by Gasteiger charge is -2.26. The van der Waals surface area contributed by atoms with Gasteiger partial charge in [0.15, 0.2) is 10.6 Å². The Bertz CT molecular complexity index is 1700. The molecule has 1 N–H and O–H groups in total. The lowest BCUT2D eigenvalue weighted by molar-refractivity contribution is -0.114. The molecule has 5 rings (SSSR count). The first-order valence-corrected chi connectivity index (χ1v) is 12.0. The third kappa shape index (κ3) is 3.70. The lowest BCUT2D eigenvalue weighted by atomic mass is 9.92. The molecule has 0 fully saturated rings. The Kier molecular flexibility index (Phi) is 5.68. The zero-order valence-corrected chi connectivity index (χ0v) is 20.9. The number of para-hydroxylation sites is 1. The third-order valence-corrected chi connectivity index (χ3v) is 7.34. The first-order chi connectivity index (χ1) is 16.8. The summed E-state index contributed by atoms with van der Waals surface area (Å²) in [6, 6.07) is 12.7. The number of methoxy groups -OCH3 is 2.